The van der Waals surface area contributed by atoms with Crippen molar-refractivity contribution in [3.63, 3.8) is 0 Å². The summed E-state index contributed by atoms with van der Waals surface area (Å²) >= 11 is 0. The number of hydrogen-bond donors (Lipinski definition) is 1. The molecule has 4 rings (SSSR count). The number of benzene rings is 2. The highest BCUT2D eigenvalue weighted by Crippen LogP contribution is 2.40. The highest BCUT2D eigenvalue weighted by Gasteiger charge is 2.31. The number of rotatable bonds is 1. The zero-order chi connectivity index (χ0) is 13.7. The van der Waals surface area contributed by atoms with Crippen molar-refractivity contribution in [3.05, 3.63) is 71.2 Å². The molecule has 3 aromatic rings. The van der Waals surface area contributed by atoms with Gasteiger partial charge in [-0.3, -0.25) is 4.79 Å². The Labute approximate surface area is 115 Å². The van der Waals surface area contributed by atoms with Crippen molar-refractivity contribution in [3.8, 4) is 0 Å². The van der Waals surface area contributed by atoms with Crippen molar-refractivity contribution in [2.75, 3.05) is 0 Å². The maximum absolute atomic E-state index is 13.3. The molecule has 1 N–H and O–H groups in total. The molecule has 0 spiro atoms. The Hall–Kier alpha value is -2.42. The Bertz CT molecular complexity index is 834. The van der Waals surface area contributed by atoms with Gasteiger partial charge in [0.25, 0.3) is 0 Å². The molecule has 1 aromatic heterocycles. The lowest BCUT2D eigenvalue weighted by molar-refractivity contribution is 0.0991. The Morgan fingerprint density at radius 1 is 1.10 bits per heavy atom. The molecule has 1 atom stereocenters. The summed E-state index contributed by atoms with van der Waals surface area (Å²) in [7, 11) is 0. The summed E-state index contributed by atoms with van der Waals surface area (Å²) in [4.78, 5) is 15.2. The van der Waals surface area contributed by atoms with Gasteiger partial charge in [0.05, 0.1) is 0 Å². The van der Waals surface area contributed by atoms with E-state index in [9.17, 15) is 9.18 Å². The van der Waals surface area contributed by atoms with Crippen molar-refractivity contribution >= 4 is 16.7 Å². The van der Waals surface area contributed by atoms with E-state index in [2.05, 4.69) is 4.98 Å². The van der Waals surface area contributed by atoms with Gasteiger partial charge >= 0.3 is 0 Å². The second-order valence-electron chi connectivity index (χ2n) is 5.20. The average Bonchev–Trinajstić information content (AvgIpc) is 3.00. The molecule has 20 heavy (non-hydrogen) atoms. The molecule has 1 heterocycles. The molecule has 0 saturated carbocycles. The fraction of sp³-hybridized carbons (Fsp3) is 0.118. The molecule has 0 amide bonds. The highest BCUT2D eigenvalue weighted by atomic mass is 19.1. The summed E-state index contributed by atoms with van der Waals surface area (Å²) in [5, 5.41) is 0.987. The predicted molar refractivity (Wildman–Crippen MR) is 75.5 cm³/mol. The number of carbonyl (C=O) groups excluding carboxylic acids is 1. The molecule has 0 bridgehead atoms. The van der Waals surface area contributed by atoms with Gasteiger partial charge < -0.3 is 4.98 Å². The van der Waals surface area contributed by atoms with Gasteiger partial charge in [0.2, 0.25) is 0 Å². The fourth-order valence-electron chi connectivity index (χ4n) is 3.15. The first kappa shape index (κ1) is 11.4. The number of Topliss-reactive ketones (excluding diaryl/α,β-unsaturated/α-hetero) is 1. The number of aromatic amines is 1. The third-order valence-corrected chi connectivity index (χ3v) is 4.08. The maximum Gasteiger partial charge on any atom is 0.164 e. The number of H-pyrrole nitrogens is 1. The van der Waals surface area contributed by atoms with E-state index in [1.54, 1.807) is 6.07 Å². The number of ketones is 1. The Morgan fingerprint density at radius 2 is 1.95 bits per heavy atom. The lowest BCUT2D eigenvalue weighted by atomic mass is 9.93. The van der Waals surface area contributed by atoms with E-state index in [0.717, 1.165) is 27.6 Å². The summed E-state index contributed by atoms with van der Waals surface area (Å²) in [5.74, 6) is -0.00577. The van der Waals surface area contributed by atoms with Gasteiger partial charge in [0.15, 0.2) is 5.78 Å². The second kappa shape index (κ2) is 4.04. The van der Waals surface area contributed by atoms with Gasteiger partial charge in [-0.2, -0.15) is 0 Å². The highest BCUT2D eigenvalue weighted by molar-refractivity contribution is 6.02. The van der Waals surface area contributed by atoms with Crippen LogP contribution in [0, 0.1) is 5.82 Å². The van der Waals surface area contributed by atoms with E-state index in [0.29, 0.717) is 6.42 Å². The van der Waals surface area contributed by atoms with E-state index in [4.69, 9.17) is 0 Å². The van der Waals surface area contributed by atoms with Gasteiger partial charge in [0.1, 0.15) is 5.82 Å². The fourth-order valence-corrected chi connectivity index (χ4v) is 3.15. The molecule has 98 valence electrons. The van der Waals surface area contributed by atoms with Gasteiger partial charge in [-0.05, 0) is 29.3 Å². The molecule has 0 radical (unpaired) electrons. The van der Waals surface area contributed by atoms with Gasteiger partial charge in [0, 0.05) is 35.0 Å². The Balaban J connectivity index is 1.91. The van der Waals surface area contributed by atoms with Crippen LogP contribution in [0.2, 0.25) is 0 Å². The topological polar surface area (TPSA) is 32.9 Å². The second-order valence-corrected chi connectivity index (χ2v) is 5.20. The molecule has 0 aliphatic heterocycles. The van der Waals surface area contributed by atoms with Crippen LogP contribution in [-0.4, -0.2) is 10.8 Å². The minimum Gasteiger partial charge on any atom is -0.361 e. The maximum atomic E-state index is 13.3. The quantitative estimate of drug-likeness (QED) is 0.708. The smallest absolute Gasteiger partial charge is 0.164 e. The zero-order valence-electron chi connectivity index (χ0n) is 10.7. The van der Waals surface area contributed by atoms with E-state index in [-0.39, 0.29) is 17.5 Å². The summed E-state index contributed by atoms with van der Waals surface area (Å²) in [5.41, 5.74) is 3.73. The van der Waals surface area contributed by atoms with Crippen LogP contribution in [0.25, 0.3) is 10.9 Å². The third kappa shape index (κ3) is 1.53. The van der Waals surface area contributed by atoms with E-state index in [1.807, 2.05) is 30.5 Å². The summed E-state index contributed by atoms with van der Waals surface area (Å²) in [6, 6.07) is 12.5. The van der Waals surface area contributed by atoms with Crippen LogP contribution < -0.4 is 0 Å². The van der Waals surface area contributed by atoms with Crippen LogP contribution in [0.4, 0.5) is 4.39 Å². The zero-order valence-corrected chi connectivity index (χ0v) is 10.7. The largest absolute Gasteiger partial charge is 0.361 e. The van der Waals surface area contributed by atoms with Crippen LogP contribution >= 0.6 is 0 Å². The third-order valence-electron chi connectivity index (χ3n) is 4.08. The lowest BCUT2D eigenvalue weighted by Crippen LogP contribution is -1.95. The Kier molecular flexibility index (Phi) is 2.30. The number of nitrogens with one attached hydrogen (secondary N) is 1. The van der Waals surface area contributed by atoms with Gasteiger partial charge in [-0.15, -0.1) is 0 Å². The van der Waals surface area contributed by atoms with Crippen LogP contribution in [-0.2, 0) is 0 Å². The number of carbonyl (C=O) groups is 1. The van der Waals surface area contributed by atoms with Crippen molar-refractivity contribution < 1.29 is 9.18 Å². The average molecular weight is 265 g/mol. The van der Waals surface area contributed by atoms with Crippen molar-refractivity contribution in [1.82, 2.24) is 4.98 Å². The molecule has 0 fully saturated rings. The van der Waals surface area contributed by atoms with E-state index < -0.39 is 0 Å². The SMILES string of the molecule is O=C1CC(c2c[nH]c3cc(F)ccc23)c2ccccc21. The van der Waals surface area contributed by atoms with Gasteiger partial charge in [-0.1, -0.05) is 24.3 Å². The molecule has 1 unspecified atom stereocenters. The molecule has 0 saturated heterocycles. The minimum absolute atomic E-state index is 0.0675. The molecule has 2 nitrogen and oxygen atoms in total. The van der Waals surface area contributed by atoms with E-state index >= 15 is 0 Å². The number of fused-ring (bicyclic) bond motifs is 2. The molecule has 2 aromatic carbocycles. The van der Waals surface area contributed by atoms with Crippen molar-refractivity contribution in [2.24, 2.45) is 0 Å². The van der Waals surface area contributed by atoms with Gasteiger partial charge in [-0.25, -0.2) is 4.39 Å². The number of aromatic nitrogens is 1. The standard InChI is InChI=1S/C17H12FNO/c18-10-5-6-12-15(9-19-16(12)7-10)14-8-17(20)13-4-2-1-3-11(13)14/h1-7,9,14,19H,8H2. The molecule has 1 aliphatic carbocycles. The summed E-state index contributed by atoms with van der Waals surface area (Å²) < 4.78 is 13.3. The minimum atomic E-state index is -0.256. The van der Waals surface area contributed by atoms with Crippen LogP contribution in [0.5, 0.6) is 0 Å². The predicted octanol–water partition coefficient (Wildman–Crippen LogP) is 4.03. The Morgan fingerprint density at radius 3 is 2.85 bits per heavy atom. The first-order valence-electron chi connectivity index (χ1n) is 6.62. The van der Waals surface area contributed by atoms with Crippen LogP contribution in [0.15, 0.2) is 48.7 Å². The van der Waals surface area contributed by atoms with Crippen LogP contribution in [0.1, 0.15) is 33.8 Å². The first-order valence-corrected chi connectivity index (χ1v) is 6.62. The molecular weight excluding hydrogens is 253 g/mol. The normalized spacial score (nSPS) is 17.6. The molecule has 1 aliphatic rings. The lowest BCUT2D eigenvalue weighted by Gasteiger charge is -2.09. The van der Waals surface area contributed by atoms with E-state index in [1.165, 1.54) is 12.1 Å². The number of hydrogen-bond acceptors (Lipinski definition) is 1. The molecular formula is C17H12FNO. The van der Waals surface area contributed by atoms with Crippen LogP contribution in [0.3, 0.4) is 0 Å². The molecule has 3 heteroatoms. The summed E-state index contributed by atoms with van der Waals surface area (Å²) in [6.07, 6.45) is 2.38. The van der Waals surface area contributed by atoms with Crippen molar-refractivity contribution in [1.29, 1.82) is 0 Å². The first-order chi connectivity index (χ1) is 9.74. The number of halogens is 1. The monoisotopic (exact) mass is 265 g/mol. The summed E-state index contributed by atoms with van der Waals surface area (Å²) in [6.45, 7) is 0. The van der Waals surface area contributed by atoms with Crippen molar-refractivity contribution in [2.45, 2.75) is 12.3 Å².